The van der Waals surface area contributed by atoms with Crippen LogP contribution < -0.4 is 20.5 Å². The Morgan fingerprint density at radius 3 is 2.65 bits per heavy atom. The third-order valence-electron chi connectivity index (χ3n) is 6.77. The highest BCUT2D eigenvalue weighted by atomic mass is 79.9. The minimum Gasteiger partial charge on any atom is -0.507 e. The van der Waals surface area contributed by atoms with Crippen molar-refractivity contribution in [2.24, 2.45) is 5.10 Å². The van der Waals surface area contributed by atoms with Gasteiger partial charge in [0.25, 0.3) is 5.91 Å². The summed E-state index contributed by atoms with van der Waals surface area (Å²) in [6.07, 6.45) is 4.55. The number of nitrogens with zero attached hydrogens (tertiary/aromatic N) is 4. The second-order valence-corrected chi connectivity index (χ2v) is 10.3. The molecule has 2 fully saturated rings. The van der Waals surface area contributed by atoms with E-state index in [1.165, 1.54) is 31.7 Å². The molecule has 2 aromatic carbocycles. The molecule has 2 heterocycles. The smallest absolute Gasteiger partial charge is 0.276 e. The average molecular weight is 572 g/mol. The van der Waals surface area contributed by atoms with Gasteiger partial charge in [0.15, 0.2) is 11.6 Å². The molecule has 1 saturated carbocycles. The number of hydrogen-bond donors (Lipinski definition) is 2. The first-order valence-electron chi connectivity index (χ1n) is 12.0. The van der Waals surface area contributed by atoms with Crippen LogP contribution in [0, 0.1) is 5.82 Å². The Morgan fingerprint density at radius 2 is 1.97 bits per heavy atom. The van der Waals surface area contributed by atoms with Crippen molar-refractivity contribution in [1.82, 2.24) is 14.9 Å². The summed E-state index contributed by atoms with van der Waals surface area (Å²) in [5, 5.41) is 13.9. The number of amides is 1. The zero-order valence-corrected chi connectivity index (χ0v) is 22.1. The standard InChI is InChI=1S/C26H27BrFN5O4/c1-31-7-9-32(10-8-31)23-20(28)12-18-22(25(23)37-2)33(17-4-5-17)14-19(24(18)35)26(36)30-29-13-15-11-16(27)3-6-21(15)34/h3,6,11-14,17,34H,4-5,7-10H2,1-2H3,(H,30,36)/b29-13-. The number of carbonyl (C=O) groups is 1. The van der Waals surface area contributed by atoms with Gasteiger partial charge in [0.05, 0.1) is 24.2 Å². The molecule has 2 aliphatic rings. The molecule has 37 heavy (non-hydrogen) atoms. The maximum Gasteiger partial charge on any atom is 0.276 e. The van der Waals surface area contributed by atoms with E-state index in [1.807, 2.05) is 16.5 Å². The number of likely N-dealkylation sites (N-methyl/N-ethyl adjacent to an activating group) is 1. The zero-order valence-electron chi connectivity index (χ0n) is 20.5. The van der Waals surface area contributed by atoms with Crippen LogP contribution in [-0.4, -0.2) is 67.0 Å². The summed E-state index contributed by atoms with van der Waals surface area (Å²) in [4.78, 5) is 30.5. The van der Waals surface area contributed by atoms with E-state index < -0.39 is 17.2 Å². The lowest BCUT2D eigenvalue weighted by atomic mass is 10.1. The van der Waals surface area contributed by atoms with Gasteiger partial charge in [0, 0.05) is 48.5 Å². The molecule has 11 heteroatoms. The summed E-state index contributed by atoms with van der Waals surface area (Å²) in [7, 11) is 3.50. The van der Waals surface area contributed by atoms with Gasteiger partial charge in [-0.2, -0.15) is 5.10 Å². The number of hydrogen-bond acceptors (Lipinski definition) is 7. The van der Waals surface area contributed by atoms with Crippen LogP contribution in [0.4, 0.5) is 10.1 Å². The van der Waals surface area contributed by atoms with Crippen LogP contribution >= 0.6 is 15.9 Å². The molecule has 5 rings (SSSR count). The van der Waals surface area contributed by atoms with Crippen molar-refractivity contribution in [3.05, 3.63) is 62.1 Å². The molecule has 194 valence electrons. The first kappa shape index (κ1) is 25.2. The summed E-state index contributed by atoms with van der Waals surface area (Å²) < 4.78 is 23.8. The van der Waals surface area contributed by atoms with Crippen LogP contribution in [0.25, 0.3) is 10.9 Å². The van der Waals surface area contributed by atoms with E-state index in [0.29, 0.717) is 35.6 Å². The summed E-state index contributed by atoms with van der Waals surface area (Å²) in [6, 6.07) is 6.09. The van der Waals surface area contributed by atoms with Gasteiger partial charge in [-0.1, -0.05) is 15.9 Å². The lowest BCUT2D eigenvalue weighted by Gasteiger charge is -2.35. The summed E-state index contributed by atoms with van der Waals surface area (Å²) in [5.41, 5.74) is 2.81. The fraction of sp³-hybridized carbons (Fsp3) is 0.346. The Bertz CT molecular complexity index is 1460. The lowest BCUT2D eigenvalue weighted by Crippen LogP contribution is -2.45. The number of ether oxygens (including phenoxy) is 1. The van der Waals surface area contributed by atoms with Crippen LogP contribution in [0.15, 0.2) is 44.8 Å². The fourth-order valence-corrected chi connectivity index (χ4v) is 4.99. The molecule has 1 aromatic heterocycles. The monoisotopic (exact) mass is 571 g/mol. The van der Waals surface area contributed by atoms with E-state index in [4.69, 9.17) is 4.74 Å². The molecule has 2 N–H and O–H groups in total. The number of carbonyl (C=O) groups excluding carboxylic acids is 1. The largest absolute Gasteiger partial charge is 0.507 e. The number of anilines is 1. The van der Waals surface area contributed by atoms with Crippen LogP contribution in [0.5, 0.6) is 11.5 Å². The van der Waals surface area contributed by atoms with Gasteiger partial charge < -0.3 is 24.2 Å². The number of phenols is 1. The highest BCUT2D eigenvalue weighted by Gasteiger charge is 2.31. The van der Waals surface area contributed by atoms with E-state index >= 15 is 4.39 Å². The molecular weight excluding hydrogens is 545 g/mol. The van der Waals surface area contributed by atoms with Gasteiger partial charge >= 0.3 is 0 Å². The van der Waals surface area contributed by atoms with Crippen LogP contribution in [0.1, 0.15) is 34.8 Å². The van der Waals surface area contributed by atoms with Crippen molar-refractivity contribution in [2.75, 3.05) is 45.2 Å². The molecule has 0 bridgehead atoms. The fourth-order valence-electron chi connectivity index (χ4n) is 4.61. The van der Waals surface area contributed by atoms with Gasteiger partial charge in [-0.15, -0.1) is 0 Å². The molecule has 1 saturated heterocycles. The zero-order chi connectivity index (χ0) is 26.3. The van der Waals surface area contributed by atoms with E-state index in [0.717, 1.165) is 30.4 Å². The molecule has 0 atom stereocenters. The van der Waals surface area contributed by atoms with Crippen LogP contribution in [-0.2, 0) is 0 Å². The Hall–Kier alpha value is -3.44. The number of phenolic OH excluding ortho intramolecular Hbond substituents is 1. The number of aromatic hydroxyl groups is 1. The lowest BCUT2D eigenvalue weighted by molar-refractivity contribution is 0.0953. The van der Waals surface area contributed by atoms with E-state index in [2.05, 4.69) is 31.4 Å². The van der Waals surface area contributed by atoms with E-state index in [9.17, 15) is 14.7 Å². The van der Waals surface area contributed by atoms with Gasteiger partial charge in [0.1, 0.15) is 17.0 Å². The first-order valence-corrected chi connectivity index (χ1v) is 12.8. The number of benzene rings is 2. The Morgan fingerprint density at radius 1 is 1.24 bits per heavy atom. The highest BCUT2D eigenvalue weighted by Crippen LogP contribution is 2.43. The van der Waals surface area contributed by atoms with Crippen molar-refractivity contribution in [3.8, 4) is 11.5 Å². The number of pyridine rings is 1. The third-order valence-corrected chi connectivity index (χ3v) is 7.26. The van der Waals surface area contributed by atoms with Crippen LogP contribution in [0.3, 0.4) is 0 Å². The predicted octanol–water partition coefficient (Wildman–Crippen LogP) is 3.47. The number of nitrogens with one attached hydrogen (secondary N) is 1. The van der Waals surface area contributed by atoms with Crippen molar-refractivity contribution < 1.29 is 19.0 Å². The van der Waals surface area contributed by atoms with Crippen LogP contribution in [0.2, 0.25) is 0 Å². The third kappa shape index (κ3) is 4.93. The van der Waals surface area contributed by atoms with Crippen molar-refractivity contribution in [1.29, 1.82) is 0 Å². The molecule has 0 radical (unpaired) electrons. The number of hydrazone groups is 1. The summed E-state index contributed by atoms with van der Waals surface area (Å²) in [6.45, 7) is 2.84. The number of halogens is 2. The predicted molar refractivity (Wildman–Crippen MR) is 144 cm³/mol. The second kappa shape index (κ2) is 10.1. The Balaban J connectivity index is 1.55. The van der Waals surface area contributed by atoms with Gasteiger partial charge in [0.2, 0.25) is 5.43 Å². The number of fused-ring (bicyclic) bond motifs is 1. The summed E-state index contributed by atoms with van der Waals surface area (Å²) >= 11 is 3.31. The molecule has 9 nitrogen and oxygen atoms in total. The number of rotatable bonds is 6. The van der Waals surface area contributed by atoms with Gasteiger partial charge in [-0.05, 0) is 44.2 Å². The Labute approximate surface area is 221 Å². The highest BCUT2D eigenvalue weighted by molar-refractivity contribution is 9.10. The average Bonchev–Trinajstić information content (AvgIpc) is 3.72. The second-order valence-electron chi connectivity index (χ2n) is 9.34. The summed E-state index contributed by atoms with van der Waals surface area (Å²) in [5.74, 6) is -0.996. The topological polar surface area (TPSA) is 99.4 Å². The van der Waals surface area contributed by atoms with Crippen molar-refractivity contribution >= 4 is 44.6 Å². The quantitative estimate of drug-likeness (QED) is 0.347. The molecule has 3 aromatic rings. The normalized spacial score (nSPS) is 16.5. The van der Waals surface area contributed by atoms with Crippen molar-refractivity contribution in [3.63, 3.8) is 0 Å². The minimum absolute atomic E-state index is 0.0123. The van der Waals surface area contributed by atoms with Gasteiger partial charge in [-0.3, -0.25) is 9.59 Å². The molecule has 1 aliphatic carbocycles. The number of aromatic nitrogens is 1. The maximum atomic E-state index is 15.5. The van der Waals surface area contributed by atoms with Gasteiger partial charge in [-0.25, -0.2) is 9.82 Å². The molecule has 1 aliphatic heterocycles. The number of piperazine rings is 1. The van der Waals surface area contributed by atoms with E-state index in [1.54, 1.807) is 12.1 Å². The molecule has 0 spiro atoms. The maximum absolute atomic E-state index is 15.5. The SMILES string of the molecule is COc1c(N2CCN(C)CC2)c(F)cc2c(=O)c(C(=O)N/N=C\c3cc(Br)ccc3O)cn(C3CC3)c12. The number of methoxy groups -OCH3 is 1. The van der Waals surface area contributed by atoms with Crippen molar-refractivity contribution in [2.45, 2.75) is 18.9 Å². The molecule has 1 amide bonds. The minimum atomic E-state index is -0.727. The molecular formula is C26H27BrFN5O4. The first-order chi connectivity index (χ1) is 17.8. The van der Waals surface area contributed by atoms with E-state index in [-0.39, 0.29) is 22.7 Å². The Kier molecular flexibility index (Phi) is 6.91. The molecule has 0 unspecified atom stereocenters.